The van der Waals surface area contributed by atoms with Crippen LogP contribution >= 0.6 is 0 Å². The predicted octanol–water partition coefficient (Wildman–Crippen LogP) is 3.00. The summed E-state index contributed by atoms with van der Waals surface area (Å²) in [6.45, 7) is 1.03. The van der Waals surface area contributed by atoms with Crippen molar-refractivity contribution in [3.8, 4) is 0 Å². The molecule has 104 valence electrons. The van der Waals surface area contributed by atoms with E-state index in [1.807, 2.05) is 0 Å². The lowest BCUT2D eigenvalue weighted by molar-refractivity contribution is -0.118. The lowest BCUT2D eigenvalue weighted by atomic mass is 9.97. The molecule has 19 heavy (non-hydrogen) atoms. The Hall–Kier alpha value is -1.29. The van der Waals surface area contributed by atoms with Crippen LogP contribution in [0, 0.1) is 11.6 Å². The Balaban J connectivity index is 1.78. The molecular weight excluding hydrogens is 248 g/mol. The lowest BCUT2D eigenvalue weighted by Crippen LogP contribution is -2.34. The maximum Gasteiger partial charge on any atom is 0.159 e. The second-order valence-electron chi connectivity index (χ2n) is 5.15. The molecule has 1 fully saturated rings. The summed E-state index contributed by atoms with van der Waals surface area (Å²) in [7, 11) is 0. The van der Waals surface area contributed by atoms with Crippen LogP contribution in [0.5, 0.6) is 0 Å². The van der Waals surface area contributed by atoms with E-state index < -0.39 is 11.6 Å². The summed E-state index contributed by atoms with van der Waals surface area (Å²) in [4.78, 5) is 11.8. The molecule has 0 radical (unpaired) electrons. The summed E-state index contributed by atoms with van der Waals surface area (Å²) in [5.74, 6) is -1.68. The van der Waals surface area contributed by atoms with Gasteiger partial charge in [0.05, 0.1) is 0 Å². The second-order valence-corrected chi connectivity index (χ2v) is 5.15. The van der Waals surface area contributed by atoms with Gasteiger partial charge in [-0.3, -0.25) is 4.79 Å². The molecule has 0 aromatic heterocycles. The first-order valence-corrected chi connectivity index (χ1v) is 6.84. The van der Waals surface area contributed by atoms with E-state index in [0.717, 1.165) is 31.5 Å². The van der Waals surface area contributed by atoms with Crippen molar-refractivity contribution in [2.45, 2.75) is 44.6 Å². The van der Waals surface area contributed by atoms with Gasteiger partial charge in [-0.25, -0.2) is 8.78 Å². The molecule has 1 N–H and O–H groups in total. The SMILES string of the molecule is O=C(CCC1CCCCN1)Cc1ccc(F)c(F)c1. The number of hydrogen-bond acceptors (Lipinski definition) is 2. The molecule has 4 heteroatoms. The zero-order valence-electron chi connectivity index (χ0n) is 10.9. The van der Waals surface area contributed by atoms with E-state index in [0.29, 0.717) is 18.0 Å². The first kappa shape index (κ1) is 14.1. The van der Waals surface area contributed by atoms with Crippen molar-refractivity contribution in [3.05, 3.63) is 35.4 Å². The van der Waals surface area contributed by atoms with Gasteiger partial charge in [0.15, 0.2) is 11.6 Å². The van der Waals surface area contributed by atoms with Crippen LogP contribution in [0.15, 0.2) is 18.2 Å². The van der Waals surface area contributed by atoms with Crippen molar-refractivity contribution in [2.75, 3.05) is 6.54 Å². The maximum absolute atomic E-state index is 13.0. The molecule has 1 aliphatic rings. The lowest BCUT2D eigenvalue weighted by Gasteiger charge is -2.22. The highest BCUT2D eigenvalue weighted by molar-refractivity contribution is 5.80. The van der Waals surface area contributed by atoms with Crippen molar-refractivity contribution >= 4 is 5.78 Å². The summed E-state index contributed by atoms with van der Waals surface area (Å²) in [5, 5.41) is 3.39. The minimum Gasteiger partial charge on any atom is -0.314 e. The zero-order chi connectivity index (χ0) is 13.7. The molecule has 1 heterocycles. The number of Topliss-reactive ketones (excluding diaryl/α,β-unsaturated/α-hetero) is 1. The summed E-state index contributed by atoms with van der Waals surface area (Å²) in [5.41, 5.74) is 0.542. The predicted molar refractivity (Wildman–Crippen MR) is 69.9 cm³/mol. The van der Waals surface area contributed by atoms with Gasteiger partial charge >= 0.3 is 0 Å². The molecule has 0 saturated carbocycles. The molecule has 1 unspecified atom stereocenters. The average molecular weight is 267 g/mol. The number of nitrogens with one attached hydrogen (secondary N) is 1. The molecule has 1 aliphatic heterocycles. The Kier molecular flexibility index (Phi) is 5.02. The third kappa shape index (κ3) is 4.39. The Labute approximate surface area is 112 Å². The van der Waals surface area contributed by atoms with Gasteiger partial charge in [0.1, 0.15) is 5.78 Å². The number of ketones is 1. The monoisotopic (exact) mass is 267 g/mol. The summed E-state index contributed by atoms with van der Waals surface area (Å²) in [6, 6.07) is 4.07. The van der Waals surface area contributed by atoms with E-state index in [1.54, 1.807) is 0 Å². The van der Waals surface area contributed by atoms with Gasteiger partial charge in [0.25, 0.3) is 0 Å². The van der Waals surface area contributed by atoms with Gasteiger partial charge < -0.3 is 5.32 Å². The summed E-state index contributed by atoms with van der Waals surface area (Å²) < 4.78 is 25.8. The van der Waals surface area contributed by atoms with E-state index in [9.17, 15) is 13.6 Å². The first-order chi connectivity index (χ1) is 9.15. The topological polar surface area (TPSA) is 29.1 Å². The van der Waals surface area contributed by atoms with Crippen molar-refractivity contribution < 1.29 is 13.6 Å². The van der Waals surface area contributed by atoms with Crippen LogP contribution in [-0.2, 0) is 11.2 Å². The quantitative estimate of drug-likeness (QED) is 0.888. The number of rotatable bonds is 5. The minimum absolute atomic E-state index is 0.0818. The maximum atomic E-state index is 13.0. The molecular formula is C15H19F2NO. The number of halogens is 2. The van der Waals surface area contributed by atoms with E-state index >= 15 is 0 Å². The van der Waals surface area contributed by atoms with Gasteiger partial charge in [-0.05, 0) is 43.5 Å². The molecule has 1 saturated heterocycles. The third-order valence-corrected chi connectivity index (χ3v) is 3.57. The van der Waals surface area contributed by atoms with Crippen LogP contribution in [0.4, 0.5) is 8.78 Å². The molecule has 1 atom stereocenters. The minimum atomic E-state index is -0.890. The van der Waals surface area contributed by atoms with Crippen LogP contribution in [-0.4, -0.2) is 18.4 Å². The Bertz CT molecular complexity index is 442. The number of carbonyl (C=O) groups is 1. The van der Waals surface area contributed by atoms with Crippen LogP contribution in [0.1, 0.15) is 37.7 Å². The highest BCUT2D eigenvalue weighted by Gasteiger charge is 2.14. The molecule has 2 nitrogen and oxygen atoms in total. The van der Waals surface area contributed by atoms with Crippen LogP contribution in [0.3, 0.4) is 0 Å². The van der Waals surface area contributed by atoms with Crippen molar-refractivity contribution in [1.29, 1.82) is 0 Å². The van der Waals surface area contributed by atoms with E-state index in [2.05, 4.69) is 5.32 Å². The van der Waals surface area contributed by atoms with Crippen molar-refractivity contribution in [3.63, 3.8) is 0 Å². The van der Waals surface area contributed by atoms with Crippen LogP contribution < -0.4 is 5.32 Å². The fourth-order valence-electron chi connectivity index (χ4n) is 2.47. The molecule has 1 aromatic rings. The molecule has 0 spiro atoms. The van der Waals surface area contributed by atoms with E-state index in [4.69, 9.17) is 0 Å². The highest BCUT2D eigenvalue weighted by Crippen LogP contribution is 2.14. The zero-order valence-corrected chi connectivity index (χ0v) is 10.9. The smallest absolute Gasteiger partial charge is 0.159 e. The molecule has 0 bridgehead atoms. The Morgan fingerprint density at radius 1 is 1.26 bits per heavy atom. The molecule has 1 aromatic carbocycles. The van der Waals surface area contributed by atoms with Crippen molar-refractivity contribution in [2.24, 2.45) is 0 Å². The van der Waals surface area contributed by atoms with Crippen LogP contribution in [0.25, 0.3) is 0 Å². The standard InChI is InChI=1S/C15H19F2NO/c16-14-7-4-11(10-15(14)17)9-13(19)6-5-12-3-1-2-8-18-12/h4,7,10,12,18H,1-3,5-6,8-9H2. The fourth-order valence-corrected chi connectivity index (χ4v) is 2.47. The van der Waals surface area contributed by atoms with Gasteiger partial charge in [-0.1, -0.05) is 12.5 Å². The number of carbonyl (C=O) groups excluding carboxylic acids is 1. The molecule has 2 rings (SSSR count). The fraction of sp³-hybridized carbons (Fsp3) is 0.533. The first-order valence-electron chi connectivity index (χ1n) is 6.84. The summed E-state index contributed by atoms with van der Waals surface area (Å²) in [6.07, 6.45) is 5.07. The van der Waals surface area contributed by atoms with E-state index in [1.165, 1.54) is 18.9 Å². The highest BCUT2D eigenvalue weighted by atomic mass is 19.2. The second kappa shape index (κ2) is 6.75. The largest absolute Gasteiger partial charge is 0.314 e. The average Bonchev–Trinajstić information content (AvgIpc) is 2.42. The Morgan fingerprint density at radius 3 is 2.79 bits per heavy atom. The third-order valence-electron chi connectivity index (χ3n) is 3.57. The normalized spacial score (nSPS) is 19.4. The number of hydrogen-bond donors (Lipinski definition) is 1. The van der Waals surface area contributed by atoms with Gasteiger partial charge in [0, 0.05) is 18.9 Å². The van der Waals surface area contributed by atoms with Gasteiger partial charge in [-0.2, -0.15) is 0 Å². The van der Waals surface area contributed by atoms with Gasteiger partial charge in [-0.15, -0.1) is 0 Å². The molecule has 0 aliphatic carbocycles. The van der Waals surface area contributed by atoms with Gasteiger partial charge in [0.2, 0.25) is 0 Å². The van der Waals surface area contributed by atoms with Crippen LogP contribution in [0.2, 0.25) is 0 Å². The molecule has 0 amide bonds. The number of benzene rings is 1. The number of piperidine rings is 1. The summed E-state index contributed by atoms with van der Waals surface area (Å²) >= 11 is 0. The Morgan fingerprint density at radius 2 is 2.11 bits per heavy atom. The van der Waals surface area contributed by atoms with Crippen molar-refractivity contribution in [1.82, 2.24) is 5.32 Å². The van der Waals surface area contributed by atoms with E-state index in [-0.39, 0.29) is 12.2 Å².